The van der Waals surface area contributed by atoms with Crippen LogP contribution in [0.2, 0.25) is 5.02 Å². The zero-order valence-electron chi connectivity index (χ0n) is 16.2. The number of benzene rings is 2. The largest absolute Gasteiger partial charge is 0.497 e. The second kappa shape index (κ2) is 7.95. The summed E-state index contributed by atoms with van der Waals surface area (Å²) in [4.78, 5) is 27.0. The molecule has 2 aliphatic rings. The maximum Gasteiger partial charge on any atom is 0.226 e. The van der Waals surface area contributed by atoms with Crippen LogP contribution in [0.15, 0.2) is 42.5 Å². The molecule has 0 aromatic heterocycles. The monoisotopic (exact) mass is 415 g/mol. The molecule has 2 heterocycles. The minimum absolute atomic E-state index is 0.0153. The number of ether oxygens (including phenoxy) is 3. The first-order chi connectivity index (χ1) is 14.0. The lowest BCUT2D eigenvalue weighted by atomic mass is 9.89. The Balaban J connectivity index is 1.36. The van der Waals surface area contributed by atoms with Gasteiger partial charge in [0.25, 0.3) is 0 Å². The highest BCUT2D eigenvalue weighted by Crippen LogP contribution is 2.40. The maximum absolute atomic E-state index is 12.7. The number of carbonyl (C=O) groups excluding carboxylic acids is 2. The SMILES string of the molecule is COc1ccc2c(c1)C(=O)CC1(CCN(C(=O)CCOc3ccccc3Cl)C1)O2. The van der Waals surface area contributed by atoms with E-state index in [0.717, 1.165) is 0 Å². The minimum atomic E-state index is -0.655. The van der Waals surface area contributed by atoms with Gasteiger partial charge in [-0.3, -0.25) is 9.59 Å². The van der Waals surface area contributed by atoms with Gasteiger partial charge in [0.15, 0.2) is 5.78 Å². The van der Waals surface area contributed by atoms with Gasteiger partial charge in [0.05, 0.1) is 43.7 Å². The van der Waals surface area contributed by atoms with Gasteiger partial charge in [-0.1, -0.05) is 23.7 Å². The van der Waals surface area contributed by atoms with Crippen LogP contribution in [-0.2, 0) is 4.79 Å². The van der Waals surface area contributed by atoms with Crippen molar-refractivity contribution in [3.8, 4) is 17.2 Å². The second-order valence-corrected chi connectivity index (χ2v) is 7.75. The van der Waals surface area contributed by atoms with Crippen molar-refractivity contribution >= 4 is 23.3 Å². The molecule has 1 unspecified atom stereocenters. The van der Waals surface area contributed by atoms with E-state index in [4.69, 9.17) is 25.8 Å². The van der Waals surface area contributed by atoms with Crippen molar-refractivity contribution in [3.05, 3.63) is 53.1 Å². The third-order valence-corrected chi connectivity index (χ3v) is 5.69. The van der Waals surface area contributed by atoms with Crippen molar-refractivity contribution < 1.29 is 23.8 Å². The highest BCUT2D eigenvalue weighted by Gasteiger charge is 2.46. The Morgan fingerprint density at radius 1 is 1.28 bits per heavy atom. The summed E-state index contributed by atoms with van der Waals surface area (Å²) < 4.78 is 17.0. The van der Waals surface area contributed by atoms with E-state index >= 15 is 0 Å². The fraction of sp³-hybridized carbons (Fsp3) is 0.364. The lowest BCUT2D eigenvalue weighted by Crippen LogP contribution is -2.45. The van der Waals surface area contributed by atoms with Crippen molar-refractivity contribution in [1.29, 1.82) is 0 Å². The summed E-state index contributed by atoms with van der Waals surface area (Å²) in [6.07, 6.45) is 1.12. The normalized spacial score (nSPS) is 20.3. The Morgan fingerprint density at radius 3 is 2.90 bits per heavy atom. The number of amides is 1. The lowest BCUT2D eigenvalue weighted by Gasteiger charge is -2.34. The predicted octanol–water partition coefficient (Wildman–Crippen LogP) is 3.75. The van der Waals surface area contributed by atoms with Crippen molar-refractivity contribution in [2.75, 3.05) is 26.8 Å². The Kier molecular flexibility index (Phi) is 5.37. The summed E-state index contributed by atoms with van der Waals surface area (Å²) in [5, 5.41) is 0.518. The number of methoxy groups -OCH3 is 1. The van der Waals surface area contributed by atoms with Crippen LogP contribution in [0.3, 0.4) is 0 Å². The Morgan fingerprint density at radius 2 is 2.10 bits per heavy atom. The summed E-state index contributed by atoms with van der Waals surface area (Å²) in [5.41, 5.74) is -0.120. The van der Waals surface area contributed by atoms with Crippen LogP contribution in [0.5, 0.6) is 17.2 Å². The van der Waals surface area contributed by atoms with Gasteiger partial charge in [0.1, 0.15) is 22.8 Å². The zero-order chi connectivity index (χ0) is 20.4. The quantitative estimate of drug-likeness (QED) is 0.744. The van der Waals surface area contributed by atoms with E-state index in [1.165, 1.54) is 0 Å². The summed E-state index contributed by atoms with van der Waals surface area (Å²) in [7, 11) is 1.56. The van der Waals surface area contributed by atoms with Crippen LogP contribution < -0.4 is 14.2 Å². The maximum atomic E-state index is 12.7. The van der Waals surface area contributed by atoms with E-state index in [1.807, 2.05) is 12.1 Å². The van der Waals surface area contributed by atoms with E-state index in [2.05, 4.69) is 0 Å². The number of likely N-dealkylation sites (tertiary alicyclic amines) is 1. The minimum Gasteiger partial charge on any atom is -0.497 e. The Hall–Kier alpha value is -2.73. The van der Waals surface area contributed by atoms with E-state index in [-0.39, 0.29) is 31.1 Å². The third kappa shape index (κ3) is 4.03. The predicted molar refractivity (Wildman–Crippen MR) is 108 cm³/mol. The van der Waals surface area contributed by atoms with Gasteiger partial charge >= 0.3 is 0 Å². The van der Waals surface area contributed by atoms with Crippen molar-refractivity contribution in [3.63, 3.8) is 0 Å². The molecule has 2 aliphatic heterocycles. The molecular formula is C22H22ClNO5. The van der Waals surface area contributed by atoms with Crippen LogP contribution in [0.1, 0.15) is 29.6 Å². The number of Topliss-reactive ketones (excluding diaryl/α,β-unsaturated/α-hetero) is 1. The van der Waals surface area contributed by atoms with Crippen molar-refractivity contribution in [2.24, 2.45) is 0 Å². The number of hydrogen-bond donors (Lipinski definition) is 0. The molecule has 0 radical (unpaired) electrons. The number of fused-ring (bicyclic) bond motifs is 1. The molecule has 0 bridgehead atoms. The van der Waals surface area contributed by atoms with Gasteiger partial charge < -0.3 is 19.1 Å². The number of carbonyl (C=O) groups is 2. The van der Waals surface area contributed by atoms with Gasteiger partial charge in [0.2, 0.25) is 5.91 Å². The molecule has 1 fully saturated rings. The van der Waals surface area contributed by atoms with Crippen LogP contribution >= 0.6 is 11.6 Å². The van der Waals surface area contributed by atoms with E-state index in [0.29, 0.717) is 47.3 Å². The summed E-state index contributed by atoms with van der Waals surface area (Å²) in [5.74, 6) is 1.73. The molecule has 0 N–H and O–H groups in total. The molecule has 152 valence electrons. The first-order valence-electron chi connectivity index (χ1n) is 9.55. The van der Waals surface area contributed by atoms with Crippen LogP contribution in [0, 0.1) is 0 Å². The van der Waals surface area contributed by atoms with Crippen LogP contribution in [0.4, 0.5) is 0 Å². The number of nitrogens with zero attached hydrogens (tertiary/aromatic N) is 1. The highest BCUT2D eigenvalue weighted by atomic mass is 35.5. The molecule has 2 aromatic carbocycles. The molecule has 1 amide bonds. The topological polar surface area (TPSA) is 65.1 Å². The smallest absolute Gasteiger partial charge is 0.226 e. The number of halogens is 1. The standard InChI is InChI=1S/C22H22ClNO5/c1-27-15-6-7-19-16(12-15)18(25)13-22(29-19)9-10-24(14-22)21(26)8-11-28-20-5-3-2-4-17(20)23/h2-7,12H,8-11,13-14H2,1H3. The van der Waals surface area contributed by atoms with Gasteiger partial charge in [-0.05, 0) is 30.3 Å². The molecule has 2 aromatic rings. The third-order valence-electron chi connectivity index (χ3n) is 5.38. The van der Waals surface area contributed by atoms with Crippen molar-refractivity contribution in [2.45, 2.75) is 24.9 Å². The molecule has 6 nitrogen and oxygen atoms in total. The number of ketones is 1. The fourth-order valence-electron chi connectivity index (χ4n) is 3.85. The van der Waals surface area contributed by atoms with Crippen LogP contribution in [-0.4, -0.2) is 49.0 Å². The van der Waals surface area contributed by atoms with Gasteiger partial charge in [-0.25, -0.2) is 0 Å². The second-order valence-electron chi connectivity index (χ2n) is 7.34. The van der Waals surface area contributed by atoms with Gasteiger partial charge in [-0.15, -0.1) is 0 Å². The average molecular weight is 416 g/mol. The van der Waals surface area contributed by atoms with Crippen molar-refractivity contribution in [1.82, 2.24) is 4.90 Å². The highest BCUT2D eigenvalue weighted by molar-refractivity contribution is 6.32. The Labute approximate surface area is 174 Å². The number of hydrogen-bond acceptors (Lipinski definition) is 5. The van der Waals surface area contributed by atoms with E-state index < -0.39 is 5.60 Å². The van der Waals surface area contributed by atoms with E-state index in [9.17, 15) is 9.59 Å². The fourth-order valence-corrected chi connectivity index (χ4v) is 4.04. The summed E-state index contributed by atoms with van der Waals surface area (Å²) in [6, 6.07) is 12.4. The number of para-hydroxylation sites is 1. The summed E-state index contributed by atoms with van der Waals surface area (Å²) in [6.45, 7) is 1.20. The molecule has 29 heavy (non-hydrogen) atoms. The van der Waals surface area contributed by atoms with E-state index in [1.54, 1.807) is 42.3 Å². The Bertz CT molecular complexity index is 947. The molecule has 1 spiro atoms. The molecule has 0 saturated carbocycles. The lowest BCUT2D eigenvalue weighted by molar-refractivity contribution is -0.131. The summed E-state index contributed by atoms with van der Waals surface area (Å²) >= 11 is 6.06. The molecule has 4 rings (SSSR count). The van der Waals surface area contributed by atoms with Gasteiger partial charge in [0, 0.05) is 13.0 Å². The molecule has 1 saturated heterocycles. The number of rotatable bonds is 5. The molecule has 1 atom stereocenters. The zero-order valence-corrected chi connectivity index (χ0v) is 16.9. The van der Waals surface area contributed by atoms with Crippen LogP contribution in [0.25, 0.3) is 0 Å². The molecule has 7 heteroatoms. The first kappa shape index (κ1) is 19.6. The first-order valence-corrected chi connectivity index (χ1v) is 9.93. The molecule has 0 aliphatic carbocycles. The molecular weight excluding hydrogens is 394 g/mol. The average Bonchev–Trinajstić information content (AvgIpc) is 3.12. The van der Waals surface area contributed by atoms with Gasteiger partial charge in [-0.2, -0.15) is 0 Å².